The van der Waals surface area contributed by atoms with Gasteiger partial charge in [0.15, 0.2) is 11.5 Å². The molecule has 8 rings (SSSR count). The first-order chi connectivity index (χ1) is 20.7. The van der Waals surface area contributed by atoms with Gasteiger partial charge in [-0.25, -0.2) is 19.4 Å². The second-order valence-electron chi connectivity index (χ2n) is 10.7. The van der Waals surface area contributed by atoms with Crippen molar-refractivity contribution < 1.29 is 22.2 Å². The maximum atomic E-state index is 14.8. The summed E-state index contributed by atoms with van der Waals surface area (Å²) in [7, 11) is -4.43. The van der Waals surface area contributed by atoms with Crippen LogP contribution in [0.5, 0.6) is 0 Å². The number of halogens is 1. The lowest BCUT2D eigenvalue weighted by Gasteiger charge is -2.32. The molecular formula is C32H24FN5O4S. The van der Waals surface area contributed by atoms with Gasteiger partial charge in [-0.15, -0.1) is 0 Å². The molecule has 0 bridgehead atoms. The average Bonchev–Trinajstić information content (AvgIpc) is 3.65. The van der Waals surface area contributed by atoms with E-state index in [1.807, 2.05) is 25.1 Å². The van der Waals surface area contributed by atoms with E-state index < -0.39 is 33.0 Å². The molecule has 2 aliphatic carbocycles. The van der Waals surface area contributed by atoms with Gasteiger partial charge in [0, 0.05) is 28.9 Å². The minimum Gasteiger partial charge on any atom is -0.361 e. The zero-order chi connectivity index (χ0) is 29.9. The van der Waals surface area contributed by atoms with Crippen LogP contribution in [0.25, 0.3) is 33.8 Å². The maximum absolute atomic E-state index is 14.8. The molecule has 11 heteroatoms. The quantitative estimate of drug-likeness (QED) is 0.342. The number of hydrogen-bond donors (Lipinski definition) is 2. The number of nitrogens with zero attached hydrogens (tertiary/aromatic N) is 4. The van der Waals surface area contributed by atoms with Gasteiger partial charge in [-0.3, -0.25) is 9.35 Å². The minimum atomic E-state index is -4.43. The SMILES string of the molecule is CC1c2ccc3c4c(ccc3c2=CC(c2c[nH]c3cccc(F)c23)C1S(=O)(=O)O)CC=CC=4.O=C1N=CN=C2N=CN=C12. The van der Waals surface area contributed by atoms with E-state index in [9.17, 15) is 22.2 Å². The lowest BCUT2D eigenvalue weighted by Crippen LogP contribution is -2.39. The van der Waals surface area contributed by atoms with Crippen LogP contribution in [-0.2, 0) is 21.3 Å². The molecule has 0 saturated heterocycles. The standard InChI is InChI=1S/C27H22FNO3S.C5H2N4O/c1-15-17-11-12-19-18-6-3-2-5-16(18)9-10-20(19)21(17)13-22(27(15)33(30,31)32)23-14-29-25-8-4-7-24(28)26(23)25;10-5-3-4(7-1-6-3)8-2-9-5/h2-4,6-15,22,27,29H,5H2,1H3,(H,30,31,32);1-2H. The lowest BCUT2D eigenvalue weighted by atomic mass is 9.78. The monoisotopic (exact) mass is 593 g/mol. The van der Waals surface area contributed by atoms with E-state index in [1.54, 1.807) is 18.3 Å². The highest BCUT2D eigenvalue weighted by Gasteiger charge is 2.41. The molecule has 2 aliphatic heterocycles. The molecular weight excluding hydrogens is 569 g/mol. The molecule has 0 radical (unpaired) electrons. The van der Waals surface area contributed by atoms with Crippen LogP contribution in [0, 0.1) is 5.82 Å². The third kappa shape index (κ3) is 4.48. The number of nitrogens with one attached hydrogen (secondary N) is 1. The number of carbonyl (C=O) groups is 1. The Balaban J connectivity index is 0.000000253. The molecule has 3 aromatic carbocycles. The van der Waals surface area contributed by atoms with E-state index in [1.165, 1.54) is 29.5 Å². The van der Waals surface area contributed by atoms with Gasteiger partial charge >= 0.3 is 5.91 Å². The minimum absolute atomic E-state index is 0.238. The second kappa shape index (κ2) is 10.1. The number of benzene rings is 3. The van der Waals surface area contributed by atoms with Crippen LogP contribution in [0.1, 0.15) is 35.4 Å². The van der Waals surface area contributed by atoms with E-state index in [2.05, 4.69) is 55.3 Å². The molecule has 1 amide bonds. The number of allylic oxidation sites excluding steroid dienone is 2. The van der Waals surface area contributed by atoms with Crippen molar-refractivity contribution in [1.29, 1.82) is 0 Å². The molecule has 3 unspecified atom stereocenters. The van der Waals surface area contributed by atoms with Crippen molar-refractivity contribution in [2.45, 2.75) is 30.4 Å². The highest BCUT2D eigenvalue weighted by molar-refractivity contribution is 7.86. The van der Waals surface area contributed by atoms with E-state index in [0.717, 1.165) is 28.0 Å². The second-order valence-corrected chi connectivity index (χ2v) is 12.3. The summed E-state index contributed by atoms with van der Waals surface area (Å²) in [6, 6.07) is 13.0. The first kappa shape index (κ1) is 27.0. The van der Waals surface area contributed by atoms with Gasteiger partial charge in [0.25, 0.3) is 10.1 Å². The fourth-order valence-corrected chi connectivity index (χ4v) is 7.69. The summed E-state index contributed by atoms with van der Waals surface area (Å²) in [5.74, 6) is -1.62. The van der Waals surface area contributed by atoms with Gasteiger partial charge in [-0.1, -0.05) is 61.6 Å². The Morgan fingerprint density at radius 3 is 2.58 bits per heavy atom. The predicted octanol–water partition coefficient (Wildman–Crippen LogP) is 3.73. The largest absolute Gasteiger partial charge is 0.361 e. The van der Waals surface area contributed by atoms with Crippen LogP contribution in [0.2, 0.25) is 0 Å². The zero-order valence-electron chi connectivity index (χ0n) is 22.8. The predicted molar refractivity (Wildman–Crippen MR) is 167 cm³/mol. The molecule has 3 atom stereocenters. The van der Waals surface area contributed by atoms with Crippen LogP contribution in [0.4, 0.5) is 4.39 Å². The third-order valence-electron chi connectivity index (χ3n) is 8.35. The van der Waals surface area contributed by atoms with E-state index in [-0.39, 0.29) is 11.6 Å². The molecule has 0 spiro atoms. The van der Waals surface area contributed by atoms with Crippen molar-refractivity contribution in [3.8, 4) is 0 Å². The van der Waals surface area contributed by atoms with Crippen molar-refractivity contribution >= 4 is 74.1 Å². The van der Waals surface area contributed by atoms with Crippen LogP contribution in [0.15, 0.2) is 80.8 Å². The van der Waals surface area contributed by atoms with Crippen molar-refractivity contribution in [3.05, 3.63) is 93.8 Å². The summed E-state index contributed by atoms with van der Waals surface area (Å²) in [4.78, 5) is 28.4. The number of H-pyrrole nitrogens is 1. The van der Waals surface area contributed by atoms with E-state index in [0.29, 0.717) is 22.3 Å². The number of carbonyl (C=O) groups excluding carboxylic acids is 1. The smallest absolute Gasteiger partial charge is 0.301 e. The van der Waals surface area contributed by atoms with Crippen LogP contribution >= 0.6 is 0 Å². The highest BCUT2D eigenvalue weighted by atomic mass is 32.2. The third-order valence-corrected chi connectivity index (χ3v) is 9.74. The van der Waals surface area contributed by atoms with Crippen LogP contribution in [0.3, 0.4) is 0 Å². The van der Waals surface area contributed by atoms with Gasteiger partial charge < -0.3 is 4.98 Å². The Kier molecular flexibility index (Phi) is 6.37. The van der Waals surface area contributed by atoms with Gasteiger partial charge in [0.05, 0.1) is 0 Å². The number of fused-ring (bicyclic) bond motifs is 7. The van der Waals surface area contributed by atoms with E-state index in [4.69, 9.17) is 0 Å². The fraction of sp³-hybridized carbons (Fsp3) is 0.156. The van der Waals surface area contributed by atoms with Crippen molar-refractivity contribution in [2.75, 3.05) is 0 Å². The molecule has 1 aromatic heterocycles. The number of hydrogen-bond acceptors (Lipinski definition) is 6. The molecule has 4 aliphatic rings. The van der Waals surface area contributed by atoms with Crippen LogP contribution < -0.4 is 10.4 Å². The number of aliphatic imine (C=N–C) groups is 4. The highest BCUT2D eigenvalue weighted by Crippen LogP contribution is 2.41. The average molecular weight is 594 g/mol. The van der Waals surface area contributed by atoms with Crippen molar-refractivity contribution in [3.63, 3.8) is 0 Å². The maximum Gasteiger partial charge on any atom is 0.301 e. The molecule has 43 heavy (non-hydrogen) atoms. The Bertz CT molecular complexity index is 2260. The molecule has 214 valence electrons. The Morgan fingerprint density at radius 2 is 1.77 bits per heavy atom. The summed E-state index contributed by atoms with van der Waals surface area (Å²) < 4.78 is 50.3. The number of amidine groups is 1. The zero-order valence-corrected chi connectivity index (χ0v) is 23.6. The normalized spacial score (nSPS) is 21.7. The number of aromatic amines is 1. The van der Waals surface area contributed by atoms with Crippen molar-refractivity contribution in [2.24, 2.45) is 20.0 Å². The Labute approximate surface area is 245 Å². The van der Waals surface area contributed by atoms with Crippen molar-refractivity contribution in [1.82, 2.24) is 4.98 Å². The first-order valence-corrected chi connectivity index (χ1v) is 15.1. The summed E-state index contributed by atoms with van der Waals surface area (Å²) in [5.41, 5.74) is 3.49. The van der Waals surface area contributed by atoms with E-state index >= 15 is 0 Å². The number of amides is 1. The summed E-state index contributed by atoms with van der Waals surface area (Å²) in [6.45, 7) is 1.82. The van der Waals surface area contributed by atoms with Crippen LogP contribution in [-0.4, -0.2) is 53.3 Å². The summed E-state index contributed by atoms with van der Waals surface area (Å²) in [5, 5.41) is 3.50. The van der Waals surface area contributed by atoms with Gasteiger partial charge in [-0.05, 0) is 56.5 Å². The molecule has 9 nitrogen and oxygen atoms in total. The summed E-state index contributed by atoms with van der Waals surface area (Å²) in [6.07, 6.45) is 13.2. The molecule has 2 N–H and O–H groups in total. The Morgan fingerprint density at radius 1 is 0.977 bits per heavy atom. The van der Waals surface area contributed by atoms with Gasteiger partial charge in [0.2, 0.25) is 0 Å². The summed E-state index contributed by atoms with van der Waals surface area (Å²) >= 11 is 0. The molecule has 0 saturated carbocycles. The Hall–Kier alpha value is -4.87. The van der Waals surface area contributed by atoms with Gasteiger partial charge in [-0.2, -0.15) is 13.4 Å². The number of rotatable bonds is 2. The molecule has 0 fully saturated rings. The lowest BCUT2D eigenvalue weighted by molar-refractivity contribution is -0.111. The number of aromatic nitrogens is 1. The first-order valence-electron chi connectivity index (χ1n) is 13.6. The van der Waals surface area contributed by atoms with Gasteiger partial charge in [0.1, 0.15) is 23.7 Å². The molecule has 4 aromatic rings. The molecule has 3 heterocycles. The topological polar surface area (TPSA) is 137 Å². The fourth-order valence-electron chi connectivity index (χ4n) is 6.43.